The Kier molecular flexibility index (Phi) is 69.5. The van der Waals surface area contributed by atoms with Gasteiger partial charge < -0.3 is 0 Å². The molecule has 0 fully saturated rings. The first-order chi connectivity index (χ1) is 1.00. The van der Waals surface area contributed by atoms with Crippen LogP contribution in [-0.4, -0.2) is 43.9 Å². The van der Waals surface area contributed by atoms with Gasteiger partial charge in [-0.2, -0.15) is 0 Å². The van der Waals surface area contributed by atoms with Crippen molar-refractivity contribution in [3.8, 4) is 0 Å². The van der Waals surface area contributed by atoms with Crippen molar-refractivity contribution in [3.05, 3.63) is 0 Å². The van der Waals surface area contributed by atoms with Crippen molar-refractivity contribution in [3.63, 3.8) is 0 Å². The molecule has 0 aromatic rings. The van der Waals surface area contributed by atoms with Gasteiger partial charge >= 0.3 is 63.5 Å². The molecule has 0 aromatic heterocycles. The maximum Gasteiger partial charge on any atom is 0 e. The summed E-state index contributed by atoms with van der Waals surface area (Å²) in [6.07, 6.45) is 2.01. The molecule has 0 nitrogen and oxygen atoms in total. The maximum atomic E-state index is 2.01. The van der Waals surface area contributed by atoms with Crippen molar-refractivity contribution < 1.29 is 39.1 Å². The number of hydrogen-bond donors (Lipinski definition) is 0. The van der Waals surface area contributed by atoms with E-state index in [4.69, 9.17) is 0 Å². The van der Waals surface area contributed by atoms with E-state index < -0.39 is 0 Å². The summed E-state index contributed by atoms with van der Waals surface area (Å²) in [7, 11) is 0. The largest absolute Gasteiger partial charge is 0 e. The van der Waals surface area contributed by atoms with Gasteiger partial charge in [0.1, 0.15) is 0 Å². The summed E-state index contributed by atoms with van der Waals surface area (Å²) in [5.41, 5.74) is 0. The molecule has 0 atom stereocenters. The molecule has 0 amide bonds. The quantitative estimate of drug-likeness (QED) is 0.418. The minimum atomic E-state index is 0. The van der Waals surface area contributed by atoms with Crippen LogP contribution in [0.5, 0.6) is 0 Å². The average molecular weight is 216 g/mol. The molecule has 0 rings (SSSR count). The van der Waals surface area contributed by atoms with Gasteiger partial charge in [-0.1, -0.05) is 0 Å². The summed E-state index contributed by atoms with van der Waals surface area (Å²) in [6.45, 7) is 0. The Bertz CT molecular complexity index is 8.00. The van der Waals surface area contributed by atoms with E-state index in [1.807, 2.05) is 25.7 Å². The topological polar surface area (TPSA) is 0 Å². The van der Waals surface area contributed by atoms with E-state index in [2.05, 4.69) is 0 Å². The molecule has 0 aliphatic carbocycles. The molecular formula is H4BCaMoZn. The number of hydrogen-bond acceptors (Lipinski definition) is 0. The van der Waals surface area contributed by atoms with Crippen LogP contribution in [0.4, 0.5) is 0 Å². The van der Waals surface area contributed by atoms with Crippen LogP contribution in [0.25, 0.3) is 0 Å². The fraction of sp³-hybridized carbons (Fsp3) is 0. The Morgan fingerprint density at radius 2 is 1.25 bits per heavy atom. The summed E-state index contributed by atoms with van der Waals surface area (Å²) in [4.78, 5) is 0. The van der Waals surface area contributed by atoms with Crippen molar-refractivity contribution in [1.29, 1.82) is 0 Å². The average Bonchev–Trinajstić information content (AvgIpc) is 1.00. The van der Waals surface area contributed by atoms with Crippen molar-refractivity contribution in [2.24, 2.45) is 0 Å². The molecule has 0 N–H and O–H groups in total. The molecule has 0 bridgehead atoms. The molecule has 0 aliphatic heterocycles. The monoisotopic (exact) mass is 217 g/mol. The summed E-state index contributed by atoms with van der Waals surface area (Å²) >= 11 is 1.95. The summed E-state index contributed by atoms with van der Waals surface area (Å²) < 4.78 is 0. The van der Waals surface area contributed by atoms with E-state index in [0.29, 0.717) is 0 Å². The fourth-order valence-electron chi connectivity index (χ4n) is 0. The predicted octanol–water partition coefficient (Wildman–Crippen LogP) is -1.84. The third-order valence-electron chi connectivity index (χ3n) is 0. The van der Waals surface area contributed by atoms with Gasteiger partial charge in [0, 0.05) is 19.5 Å². The van der Waals surface area contributed by atoms with Gasteiger partial charge in [0.25, 0.3) is 0 Å². The molecule has 0 aliphatic rings. The minimum absolute atomic E-state index is 0. The summed E-state index contributed by atoms with van der Waals surface area (Å²) in [6, 6.07) is 0. The summed E-state index contributed by atoms with van der Waals surface area (Å²) in [5, 5.41) is 0. The van der Waals surface area contributed by atoms with Crippen molar-refractivity contribution in [1.82, 2.24) is 0 Å². The van der Waals surface area contributed by atoms with Gasteiger partial charge in [-0.05, 0) is 0 Å². The molecule has 4 heteroatoms. The third kappa shape index (κ3) is 8.82. The Balaban J connectivity index is -0.00000000500. The molecule has 0 unspecified atom stereocenters. The van der Waals surface area contributed by atoms with Crippen molar-refractivity contribution in [2.75, 3.05) is 0 Å². The van der Waals surface area contributed by atoms with Crippen LogP contribution in [0.3, 0.4) is 0 Å². The number of rotatable bonds is 0. The SMILES string of the molecule is [BH2][Mo].[CaH2].[Zn]. The van der Waals surface area contributed by atoms with Gasteiger partial charge in [0.2, 0.25) is 0 Å². The Morgan fingerprint density at radius 1 is 1.25 bits per heavy atom. The molecular weight excluding hydrogens is 212 g/mol. The van der Waals surface area contributed by atoms with Crippen LogP contribution in [-0.2, 0) is 39.1 Å². The molecule has 0 saturated carbocycles. The second kappa shape index (κ2) is 17.4. The second-order valence-corrected chi connectivity index (χ2v) is 0. The van der Waals surface area contributed by atoms with Crippen LogP contribution >= 0.6 is 0 Å². The zero-order chi connectivity index (χ0) is 2.00. The van der Waals surface area contributed by atoms with Gasteiger partial charge in [-0.15, -0.1) is 0 Å². The van der Waals surface area contributed by atoms with E-state index in [1.165, 1.54) is 0 Å². The van der Waals surface area contributed by atoms with Crippen LogP contribution < -0.4 is 0 Å². The predicted molar refractivity (Wildman–Crippen MR) is 17.1 cm³/mol. The first kappa shape index (κ1) is 15.9. The standard InChI is InChI=1S/BH2.Ca.Mo.Zn.2H/h1H2;;;;;/q+1;;-1;;;. The van der Waals surface area contributed by atoms with Crippen LogP contribution in [0.15, 0.2) is 0 Å². The fourth-order valence-corrected chi connectivity index (χ4v) is 0. The second-order valence-electron chi connectivity index (χ2n) is 0. The summed E-state index contributed by atoms with van der Waals surface area (Å²) in [5.74, 6) is 0. The van der Waals surface area contributed by atoms with Crippen LogP contribution in [0.1, 0.15) is 0 Å². The van der Waals surface area contributed by atoms with E-state index in [-0.39, 0.29) is 57.2 Å². The molecule has 17 valence electrons. The molecule has 0 saturated heterocycles. The molecule has 0 heterocycles. The van der Waals surface area contributed by atoms with Crippen molar-refractivity contribution >= 4 is 43.9 Å². The van der Waals surface area contributed by atoms with Crippen LogP contribution in [0.2, 0.25) is 0 Å². The maximum absolute atomic E-state index is 2.01. The zero-order valence-electron chi connectivity index (χ0n) is 2.12. The van der Waals surface area contributed by atoms with E-state index in [1.54, 1.807) is 0 Å². The van der Waals surface area contributed by atoms with Gasteiger partial charge in [-0.3, -0.25) is 0 Å². The van der Waals surface area contributed by atoms with E-state index >= 15 is 0 Å². The smallest absolute Gasteiger partial charge is 0 e. The van der Waals surface area contributed by atoms with Gasteiger partial charge in [-0.25, -0.2) is 0 Å². The first-order valence-electron chi connectivity index (χ1n) is 0.408. The van der Waals surface area contributed by atoms with Crippen LogP contribution in [0, 0.1) is 0 Å². The third-order valence-corrected chi connectivity index (χ3v) is 0. The van der Waals surface area contributed by atoms with E-state index in [9.17, 15) is 0 Å². The Morgan fingerprint density at radius 3 is 1.25 bits per heavy atom. The Hall–Kier alpha value is 2.64. The normalized spacial score (nSPS) is 1.00. The molecule has 4 heavy (non-hydrogen) atoms. The minimum Gasteiger partial charge on any atom is 0 e. The molecule has 0 spiro atoms. The van der Waals surface area contributed by atoms with Gasteiger partial charge in [0.05, 0.1) is 0 Å². The zero-order valence-corrected chi connectivity index (χ0v) is 7.09. The van der Waals surface area contributed by atoms with Gasteiger partial charge in [0.15, 0.2) is 0 Å². The Labute approximate surface area is 81.3 Å². The molecule has 0 radical (unpaired) electrons. The van der Waals surface area contributed by atoms with E-state index in [0.717, 1.165) is 0 Å². The van der Waals surface area contributed by atoms with Crippen molar-refractivity contribution in [2.45, 2.75) is 0 Å². The molecule has 0 aromatic carbocycles. The first-order valence-corrected chi connectivity index (χ1v) is 2.42.